The first-order valence-electron chi connectivity index (χ1n) is 5.78. The zero-order valence-corrected chi connectivity index (χ0v) is 10.7. The van der Waals surface area contributed by atoms with Gasteiger partial charge >= 0.3 is 0 Å². The van der Waals surface area contributed by atoms with Crippen molar-refractivity contribution in [2.75, 3.05) is 24.6 Å². The van der Waals surface area contributed by atoms with Gasteiger partial charge in [-0.05, 0) is 32.2 Å². The smallest absolute Gasteiger partial charge is 0.241 e. The third kappa shape index (κ3) is 4.07. The number of hydrogen-bond donors (Lipinski definition) is 2. The summed E-state index contributed by atoms with van der Waals surface area (Å²) in [7, 11) is 1.82. The van der Waals surface area contributed by atoms with Gasteiger partial charge in [-0.3, -0.25) is 9.69 Å². The van der Waals surface area contributed by atoms with Crippen LogP contribution in [0, 0.1) is 11.3 Å². The highest BCUT2D eigenvalue weighted by Crippen LogP contribution is 2.12. The fraction of sp³-hybridized carbons (Fsp3) is 0.385. The Morgan fingerprint density at radius 3 is 2.94 bits per heavy atom. The molecule has 3 N–H and O–H groups in total. The minimum Gasteiger partial charge on any atom is -0.399 e. The molecule has 0 aliphatic heterocycles. The van der Waals surface area contributed by atoms with Crippen LogP contribution in [0.5, 0.6) is 0 Å². The van der Waals surface area contributed by atoms with E-state index in [1.807, 2.05) is 11.9 Å². The molecule has 0 aliphatic rings. The highest BCUT2D eigenvalue weighted by Gasteiger charge is 2.17. The number of carbonyl (C=O) groups is 1. The number of likely N-dealkylation sites (N-methyl/N-ethyl adjacent to an activating group) is 1. The topological polar surface area (TPSA) is 82.2 Å². The summed E-state index contributed by atoms with van der Waals surface area (Å²) in [6.45, 7) is 2.38. The van der Waals surface area contributed by atoms with Crippen molar-refractivity contribution in [2.45, 2.75) is 19.4 Å². The average Bonchev–Trinajstić information content (AvgIpc) is 2.35. The molecule has 1 atom stereocenters. The van der Waals surface area contributed by atoms with E-state index >= 15 is 0 Å². The number of nitrogens with two attached hydrogens (primary N) is 1. The van der Waals surface area contributed by atoms with Gasteiger partial charge in [-0.15, -0.1) is 0 Å². The molecule has 18 heavy (non-hydrogen) atoms. The molecule has 1 aromatic carbocycles. The van der Waals surface area contributed by atoms with E-state index < -0.39 is 0 Å². The lowest BCUT2D eigenvalue weighted by Gasteiger charge is -2.22. The third-order valence-electron chi connectivity index (χ3n) is 2.77. The second-order valence-electron chi connectivity index (χ2n) is 4.18. The number of rotatable bonds is 5. The van der Waals surface area contributed by atoms with Crippen LogP contribution in [0.15, 0.2) is 24.3 Å². The van der Waals surface area contributed by atoms with Crippen molar-refractivity contribution in [1.29, 1.82) is 5.26 Å². The van der Waals surface area contributed by atoms with E-state index in [1.165, 1.54) is 0 Å². The molecule has 1 rings (SSSR count). The van der Waals surface area contributed by atoms with Crippen LogP contribution in [0.3, 0.4) is 0 Å². The Balaban J connectivity index is 2.57. The molecule has 5 nitrogen and oxygen atoms in total. The summed E-state index contributed by atoms with van der Waals surface area (Å²) in [6.07, 6.45) is 0.409. The summed E-state index contributed by atoms with van der Waals surface area (Å²) in [5.74, 6) is -0.110. The molecule has 96 valence electrons. The Hall–Kier alpha value is -2.06. The molecular weight excluding hydrogens is 228 g/mol. The van der Waals surface area contributed by atoms with Crippen molar-refractivity contribution in [3.63, 3.8) is 0 Å². The molecular formula is C13H18N4O. The number of benzene rings is 1. The number of nitriles is 1. The van der Waals surface area contributed by atoms with Crippen molar-refractivity contribution < 1.29 is 4.79 Å². The number of nitrogens with one attached hydrogen (secondary N) is 1. The van der Waals surface area contributed by atoms with Gasteiger partial charge in [0.1, 0.15) is 0 Å². The molecule has 0 spiro atoms. The van der Waals surface area contributed by atoms with E-state index in [1.54, 1.807) is 31.2 Å². The van der Waals surface area contributed by atoms with Crippen molar-refractivity contribution in [3.05, 3.63) is 24.3 Å². The van der Waals surface area contributed by atoms with Crippen LogP contribution in [-0.2, 0) is 4.79 Å². The van der Waals surface area contributed by atoms with Gasteiger partial charge in [-0.1, -0.05) is 6.07 Å². The molecule has 0 saturated carbocycles. The third-order valence-corrected chi connectivity index (χ3v) is 2.77. The van der Waals surface area contributed by atoms with E-state index in [9.17, 15) is 4.79 Å². The van der Waals surface area contributed by atoms with Crippen LogP contribution >= 0.6 is 0 Å². The van der Waals surface area contributed by atoms with Crippen molar-refractivity contribution in [2.24, 2.45) is 0 Å². The molecule has 0 fully saturated rings. The number of amides is 1. The van der Waals surface area contributed by atoms with Gasteiger partial charge in [0.05, 0.1) is 12.1 Å². The van der Waals surface area contributed by atoms with Gasteiger partial charge in [0.15, 0.2) is 0 Å². The monoisotopic (exact) mass is 246 g/mol. The maximum atomic E-state index is 12.0. The Labute approximate surface area is 107 Å². The molecule has 0 aliphatic carbocycles. The second-order valence-corrected chi connectivity index (χ2v) is 4.18. The van der Waals surface area contributed by atoms with Crippen LogP contribution in [0.1, 0.15) is 13.3 Å². The van der Waals surface area contributed by atoms with E-state index in [-0.39, 0.29) is 11.9 Å². The molecule has 1 amide bonds. The number of nitrogens with zero attached hydrogens (tertiary/aromatic N) is 2. The lowest BCUT2D eigenvalue weighted by atomic mass is 10.2. The fourth-order valence-corrected chi connectivity index (χ4v) is 1.48. The molecule has 0 heterocycles. The lowest BCUT2D eigenvalue weighted by Crippen LogP contribution is -2.40. The summed E-state index contributed by atoms with van der Waals surface area (Å²) in [5, 5.41) is 11.3. The molecule has 0 saturated heterocycles. The van der Waals surface area contributed by atoms with E-state index in [0.717, 1.165) is 0 Å². The van der Waals surface area contributed by atoms with Gasteiger partial charge in [-0.25, -0.2) is 0 Å². The average molecular weight is 246 g/mol. The van der Waals surface area contributed by atoms with Crippen molar-refractivity contribution in [1.82, 2.24) is 4.90 Å². The number of anilines is 2. The summed E-state index contributed by atoms with van der Waals surface area (Å²) in [5.41, 5.74) is 6.93. The first kappa shape index (κ1) is 14.0. The maximum absolute atomic E-state index is 12.0. The second kappa shape index (κ2) is 6.62. The first-order valence-corrected chi connectivity index (χ1v) is 5.78. The molecule has 5 heteroatoms. The summed E-state index contributed by atoms with van der Waals surface area (Å²) >= 11 is 0. The quantitative estimate of drug-likeness (QED) is 0.770. The van der Waals surface area contributed by atoms with Gasteiger partial charge in [0, 0.05) is 24.3 Å². The minimum atomic E-state index is -0.292. The fourth-order valence-electron chi connectivity index (χ4n) is 1.48. The minimum absolute atomic E-state index is 0.110. The zero-order valence-electron chi connectivity index (χ0n) is 10.7. The molecule has 0 radical (unpaired) electrons. The largest absolute Gasteiger partial charge is 0.399 e. The number of nitrogen functional groups attached to an aromatic ring is 1. The van der Waals surface area contributed by atoms with Crippen LogP contribution in [0.25, 0.3) is 0 Å². The van der Waals surface area contributed by atoms with Gasteiger partial charge in [0.2, 0.25) is 5.91 Å². The molecule has 1 unspecified atom stereocenters. The van der Waals surface area contributed by atoms with E-state index in [0.29, 0.717) is 24.3 Å². The van der Waals surface area contributed by atoms with Crippen molar-refractivity contribution in [3.8, 4) is 6.07 Å². The van der Waals surface area contributed by atoms with Crippen LogP contribution in [0.2, 0.25) is 0 Å². The van der Waals surface area contributed by atoms with Crippen LogP contribution in [-0.4, -0.2) is 30.4 Å². The Bertz CT molecular complexity index is 453. The molecule has 0 bridgehead atoms. The van der Waals surface area contributed by atoms with Gasteiger partial charge in [0.25, 0.3) is 0 Å². The summed E-state index contributed by atoms with van der Waals surface area (Å²) in [6, 6.07) is 8.81. The first-order chi connectivity index (χ1) is 8.54. The zero-order chi connectivity index (χ0) is 13.5. The highest BCUT2D eigenvalue weighted by atomic mass is 16.2. The maximum Gasteiger partial charge on any atom is 0.241 e. The number of carbonyl (C=O) groups excluding carboxylic acids is 1. The summed E-state index contributed by atoms with van der Waals surface area (Å²) in [4.78, 5) is 13.8. The Morgan fingerprint density at radius 2 is 2.33 bits per heavy atom. The molecule has 1 aromatic rings. The SMILES string of the molecule is CC(C(=O)Nc1cccc(N)c1)N(C)CCC#N. The van der Waals surface area contributed by atoms with Crippen molar-refractivity contribution >= 4 is 17.3 Å². The van der Waals surface area contributed by atoms with E-state index in [4.69, 9.17) is 11.0 Å². The normalized spacial score (nSPS) is 11.9. The predicted octanol–water partition coefficient (Wildman–Crippen LogP) is 1.44. The Kier molecular flexibility index (Phi) is 5.15. The van der Waals surface area contributed by atoms with Crippen LogP contribution in [0.4, 0.5) is 11.4 Å². The lowest BCUT2D eigenvalue weighted by molar-refractivity contribution is -0.120. The van der Waals surface area contributed by atoms with Gasteiger partial charge < -0.3 is 11.1 Å². The number of hydrogen-bond acceptors (Lipinski definition) is 4. The van der Waals surface area contributed by atoms with E-state index in [2.05, 4.69) is 11.4 Å². The highest BCUT2D eigenvalue weighted by molar-refractivity contribution is 5.94. The standard InChI is InChI=1S/C13H18N4O/c1-10(17(2)8-4-7-14)13(18)16-12-6-3-5-11(15)9-12/h3,5-6,9-10H,4,8,15H2,1-2H3,(H,16,18). The summed E-state index contributed by atoms with van der Waals surface area (Å²) < 4.78 is 0. The Morgan fingerprint density at radius 1 is 1.61 bits per heavy atom. The van der Waals surface area contributed by atoms with Crippen LogP contribution < -0.4 is 11.1 Å². The predicted molar refractivity (Wildman–Crippen MR) is 71.8 cm³/mol. The molecule has 0 aromatic heterocycles. The van der Waals surface area contributed by atoms with Gasteiger partial charge in [-0.2, -0.15) is 5.26 Å².